The first-order valence-electron chi connectivity index (χ1n) is 4.70. The van der Waals surface area contributed by atoms with Crippen LogP contribution < -0.4 is 11.1 Å². The lowest BCUT2D eigenvalue weighted by molar-refractivity contribution is 1.26. The zero-order valence-corrected chi connectivity index (χ0v) is 11.8. The summed E-state index contributed by atoms with van der Waals surface area (Å²) in [5.41, 5.74) is 8.94. The van der Waals surface area contributed by atoms with Crippen molar-refractivity contribution >= 4 is 35.6 Å². The largest absolute Gasteiger partial charge is 0.370 e. The Morgan fingerprint density at radius 1 is 1.38 bits per heavy atom. The highest BCUT2D eigenvalue weighted by Crippen LogP contribution is 2.13. The van der Waals surface area contributed by atoms with E-state index in [0.717, 1.165) is 5.69 Å². The maximum atomic E-state index is 5.64. The summed E-state index contributed by atoms with van der Waals surface area (Å²) in [5.74, 6) is 2.74. The lowest BCUT2D eigenvalue weighted by atomic mass is 10.1. The summed E-state index contributed by atoms with van der Waals surface area (Å²) < 4.78 is 0. The van der Waals surface area contributed by atoms with Gasteiger partial charge >= 0.3 is 0 Å². The van der Waals surface area contributed by atoms with Gasteiger partial charge in [-0.1, -0.05) is 12.0 Å². The summed E-state index contributed by atoms with van der Waals surface area (Å²) in [7, 11) is 0. The normalized spacial score (nSPS) is 10.2. The van der Waals surface area contributed by atoms with Crippen molar-refractivity contribution in [2.24, 2.45) is 10.7 Å². The number of rotatable bonds is 2. The Balaban J connectivity index is 0.00000225. The molecule has 86 valence electrons. The molecule has 0 fully saturated rings. The molecule has 0 heterocycles. The Labute approximate surface area is 114 Å². The first kappa shape index (κ1) is 14.8. The number of guanidine groups is 1. The summed E-state index contributed by atoms with van der Waals surface area (Å²) in [6.45, 7) is 4.36. The fourth-order valence-corrected chi connectivity index (χ4v) is 1.37. The molecular weight excluding hydrogens is 313 g/mol. The summed E-state index contributed by atoms with van der Waals surface area (Å²) in [6, 6.07) is 6.11. The number of anilines is 1. The van der Waals surface area contributed by atoms with Gasteiger partial charge in [0.25, 0.3) is 0 Å². The van der Waals surface area contributed by atoms with Gasteiger partial charge in [-0.2, -0.15) is 0 Å². The second-order valence-electron chi connectivity index (χ2n) is 3.41. The van der Waals surface area contributed by atoms with Crippen LogP contribution in [-0.4, -0.2) is 12.5 Å². The van der Waals surface area contributed by atoms with E-state index in [1.165, 1.54) is 11.1 Å². The number of hydrogen-bond acceptors (Lipinski definition) is 1. The SMILES string of the molecule is C#CCN=C(N)Nc1cc(C)cc(C)c1.I. The van der Waals surface area contributed by atoms with E-state index in [1.807, 2.05) is 26.0 Å². The van der Waals surface area contributed by atoms with Crippen LogP contribution in [0.4, 0.5) is 5.69 Å². The maximum absolute atomic E-state index is 5.64. The number of terminal acetylenes is 1. The summed E-state index contributed by atoms with van der Waals surface area (Å²) >= 11 is 0. The molecule has 1 aromatic carbocycles. The van der Waals surface area contributed by atoms with Crippen LogP contribution in [-0.2, 0) is 0 Å². The standard InChI is InChI=1S/C12H15N3.HI/c1-4-5-14-12(13)15-11-7-9(2)6-10(3)8-11;/h1,6-8H,5H2,2-3H3,(H3,13,14,15);1H. The van der Waals surface area contributed by atoms with E-state index in [9.17, 15) is 0 Å². The van der Waals surface area contributed by atoms with E-state index in [0.29, 0.717) is 12.5 Å². The Kier molecular flexibility index (Phi) is 6.58. The number of halogens is 1. The maximum Gasteiger partial charge on any atom is 0.194 e. The predicted molar refractivity (Wildman–Crippen MR) is 80.3 cm³/mol. The van der Waals surface area contributed by atoms with Crippen molar-refractivity contribution < 1.29 is 0 Å². The Morgan fingerprint density at radius 3 is 2.44 bits per heavy atom. The Bertz CT molecular complexity index is 399. The smallest absolute Gasteiger partial charge is 0.194 e. The number of benzene rings is 1. The van der Waals surface area contributed by atoms with Crippen molar-refractivity contribution in [1.29, 1.82) is 0 Å². The molecule has 4 heteroatoms. The van der Waals surface area contributed by atoms with Crippen LogP contribution in [0.3, 0.4) is 0 Å². The monoisotopic (exact) mass is 329 g/mol. The van der Waals surface area contributed by atoms with Gasteiger partial charge in [-0.25, -0.2) is 4.99 Å². The second kappa shape index (κ2) is 7.12. The van der Waals surface area contributed by atoms with Crippen molar-refractivity contribution in [3.8, 4) is 12.3 Å². The molecule has 0 aliphatic heterocycles. The van der Waals surface area contributed by atoms with Crippen molar-refractivity contribution in [3.63, 3.8) is 0 Å². The fraction of sp³-hybridized carbons (Fsp3) is 0.250. The molecule has 16 heavy (non-hydrogen) atoms. The van der Waals surface area contributed by atoms with Crippen LogP contribution in [0.5, 0.6) is 0 Å². The molecule has 0 radical (unpaired) electrons. The zero-order chi connectivity index (χ0) is 11.3. The number of nitrogens with two attached hydrogens (primary N) is 1. The zero-order valence-electron chi connectivity index (χ0n) is 9.45. The minimum atomic E-state index is 0. The molecule has 3 nitrogen and oxygen atoms in total. The lowest BCUT2D eigenvalue weighted by Gasteiger charge is -2.07. The molecule has 1 rings (SSSR count). The first-order chi connectivity index (χ1) is 7.11. The van der Waals surface area contributed by atoms with E-state index in [4.69, 9.17) is 12.2 Å². The van der Waals surface area contributed by atoms with Crippen LogP contribution in [0.1, 0.15) is 11.1 Å². The number of nitrogens with one attached hydrogen (secondary N) is 1. The number of nitrogens with zero attached hydrogens (tertiary/aromatic N) is 1. The van der Waals surface area contributed by atoms with E-state index in [2.05, 4.69) is 22.3 Å². The van der Waals surface area contributed by atoms with Crippen molar-refractivity contribution in [2.75, 3.05) is 11.9 Å². The van der Waals surface area contributed by atoms with E-state index in [1.54, 1.807) is 0 Å². The summed E-state index contributed by atoms with van der Waals surface area (Å²) in [5, 5.41) is 2.99. The van der Waals surface area contributed by atoms with Crippen molar-refractivity contribution in [2.45, 2.75) is 13.8 Å². The fourth-order valence-electron chi connectivity index (χ4n) is 1.37. The van der Waals surface area contributed by atoms with Crippen LogP contribution in [0.15, 0.2) is 23.2 Å². The highest BCUT2D eigenvalue weighted by atomic mass is 127. The minimum Gasteiger partial charge on any atom is -0.370 e. The summed E-state index contributed by atoms with van der Waals surface area (Å²) in [4.78, 5) is 3.94. The van der Waals surface area contributed by atoms with Gasteiger partial charge in [0, 0.05) is 5.69 Å². The van der Waals surface area contributed by atoms with Gasteiger partial charge in [0.15, 0.2) is 5.96 Å². The number of hydrogen-bond donors (Lipinski definition) is 2. The molecule has 3 N–H and O–H groups in total. The van der Waals surface area contributed by atoms with Gasteiger partial charge in [0.05, 0.1) is 0 Å². The number of aryl methyl sites for hydroxylation is 2. The molecule has 0 saturated carbocycles. The van der Waals surface area contributed by atoms with Gasteiger partial charge < -0.3 is 11.1 Å². The molecule has 0 aliphatic carbocycles. The third-order valence-electron chi connectivity index (χ3n) is 1.83. The molecule has 0 aliphatic rings. The van der Waals surface area contributed by atoms with Crippen molar-refractivity contribution in [1.82, 2.24) is 0 Å². The molecule has 0 spiro atoms. The van der Waals surface area contributed by atoms with Crippen molar-refractivity contribution in [3.05, 3.63) is 29.3 Å². The Morgan fingerprint density at radius 2 is 1.94 bits per heavy atom. The molecule has 0 atom stereocenters. The Hall–Kier alpha value is -1.22. The average molecular weight is 329 g/mol. The molecule has 0 saturated heterocycles. The molecule has 0 unspecified atom stereocenters. The highest BCUT2D eigenvalue weighted by Gasteiger charge is 1.96. The van der Waals surface area contributed by atoms with Gasteiger partial charge in [-0.3, -0.25) is 0 Å². The number of aliphatic imine (C=N–C) groups is 1. The molecule has 1 aromatic rings. The quantitative estimate of drug-likeness (QED) is 0.379. The van der Waals surface area contributed by atoms with E-state index in [-0.39, 0.29) is 24.0 Å². The molecule has 0 aromatic heterocycles. The van der Waals surface area contributed by atoms with E-state index < -0.39 is 0 Å². The van der Waals surface area contributed by atoms with Gasteiger partial charge in [0.2, 0.25) is 0 Å². The molecular formula is C12H16IN3. The topological polar surface area (TPSA) is 50.4 Å². The second-order valence-corrected chi connectivity index (χ2v) is 3.41. The van der Waals surface area contributed by atoms with Gasteiger partial charge in [-0.15, -0.1) is 30.4 Å². The van der Waals surface area contributed by atoms with Crippen LogP contribution in [0.25, 0.3) is 0 Å². The first-order valence-corrected chi connectivity index (χ1v) is 4.70. The van der Waals surface area contributed by atoms with Crippen LogP contribution in [0, 0.1) is 26.2 Å². The van der Waals surface area contributed by atoms with Gasteiger partial charge in [0.1, 0.15) is 6.54 Å². The van der Waals surface area contributed by atoms with E-state index >= 15 is 0 Å². The minimum absolute atomic E-state index is 0. The van der Waals surface area contributed by atoms with Gasteiger partial charge in [-0.05, 0) is 37.1 Å². The predicted octanol–water partition coefficient (Wildman–Crippen LogP) is 2.28. The highest BCUT2D eigenvalue weighted by molar-refractivity contribution is 14.0. The average Bonchev–Trinajstić information content (AvgIpc) is 2.13. The van der Waals surface area contributed by atoms with Crippen LogP contribution >= 0.6 is 24.0 Å². The third-order valence-corrected chi connectivity index (χ3v) is 1.83. The molecule has 0 bridgehead atoms. The lowest BCUT2D eigenvalue weighted by Crippen LogP contribution is -2.22. The third kappa shape index (κ3) is 5.03. The summed E-state index contributed by atoms with van der Waals surface area (Å²) in [6.07, 6.45) is 5.08. The van der Waals surface area contributed by atoms with Crippen LogP contribution in [0.2, 0.25) is 0 Å². The molecule has 0 amide bonds.